The zero-order valence-electron chi connectivity index (χ0n) is 44.8. The summed E-state index contributed by atoms with van der Waals surface area (Å²) in [7, 11) is 0. The molecule has 17 rings (SSSR count). The maximum Gasteiger partial charge on any atom is 0.252 e. The van der Waals surface area contributed by atoms with Gasteiger partial charge in [-0.05, 0) is 106 Å². The van der Waals surface area contributed by atoms with Crippen molar-refractivity contribution in [2.75, 3.05) is 9.80 Å². The van der Waals surface area contributed by atoms with Crippen molar-refractivity contribution in [3.05, 3.63) is 285 Å². The summed E-state index contributed by atoms with van der Waals surface area (Å²) in [6, 6.07) is 103. The van der Waals surface area contributed by atoms with Gasteiger partial charge in [0, 0.05) is 87.2 Å². The Bertz CT molecular complexity index is 4970. The molecule has 3 aromatic heterocycles. The number of anilines is 6. The van der Waals surface area contributed by atoms with Crippen LogP contribution in [-0.4, -0.2) is 26.2 Å². The molecule has 2 aliphatic rings. The summed E-state index contributed by atoms with van der Waals surface area (Å²) in [5.41, 5.74) is 21.3. The lowest BCUT2D eigenvalue weighted by Crippen LogP contribution is -2.61. The van der Waals surface area contributed by atoms with Gasteiger partial charge >= 0.3 is 0 Å². The average Bonchev–Trinajstić information content (AvgIpc) is 3.80. The second-order valence-electron chi connectivity index (χ2n) is 21.4. The molecular weight excluding hydrogens is 1030 g/mol. The standard InChI is InChI=1S/C75H47BN6S/c1-5-21-50(22-6-1)73-77-74(51-23-7-2-8-24-51)79-75(78-73)52-41-44-63(82-62-33-17-13-30-58(62)69-66(82)45-43-57-56-29-14-20-36-68(56)83-72(57)69)59(47-52)49-39-37-48(38-40-49)55-42-46-67-70-71(55)81(54-27-11-4-12-28-54)65-35-19-16-32-61(65)76(70)60-31-15-18-34-64(60)80(67)53-25-9-3-10-26-53/h1-47H. The fraction of sp³-hybridized carbons (Fsp3) is 0. The normalized spacial score (nSPS) is 12.5. The molecule has 0 radical (unpaired) electrons. The molecule has 0 bridgehead atoms. The monoisotopic (exact) mass is 1070 g/mol. The van der Waals surface area contributed by atoms with Crippen molar-refractivity contribution in [2.45, 2.75) is 0 Å². The maximum absolute atomic E-state index is 5.25. The molecule has 2 aliphatic heterocycles. The van der Waals surface area contributed by atoms with E-state index in [1.807, 2.05) is 47.7 Å². The van der Waals surface area contributed by atoms with Gasteiger partial charge in [0.15, 0.2) is 17.5 Å². The molecule has 0 spiro atoms. The topological polar surface area (TPSA) is 50.1 Å². The Hall–Kier alpha value is -10.7. The van der Waals surface area contributed by atoms with Gasteiger partial charge in [0.1, 0.15) is 0 Å². The Balaban J connectivity index is 0.897. The first-order valence-electron chi connectivity index (χ1n) is 28.2. The molecule has 0 atom stereocenters. The fourth-order valence-corrected chi connectivity index (χ4v) is 14.5. The van der Waals surface area contributed by atoms with Crippen molar-refractivity contribution in [3.63, 3.8) is 0 Å². The molecule has 0 fully saturated rings. The van der Waals surface area contributed by atoms with E-state index in [9.17, 15) is 0 Å². The van der Waals surface area contributed by atoms with Gasteiger partial charge in [-0.2, -0.15) is 0 Å². The lowest BCUT2D eigenvalue weighted by Gasteiger charge is -2.45. The number of thiophene rings is 1. The molecule has 8 heteroatoms. The van der Waals surface area contributed by atoms with Crippen molar-refractivity contribution >= 4 is 111 Å². The van der Waals surface area contributed by atoms with Crippen molar-refractivity contribution in [1.82, 2.24) is 19.5 Å². The van der Waals surface area contributed by atoms with Crippen LogP contribution in [0.5, 0.6) is 0 Å². The van der Waals surface area contributed by atoms with E-state index in [0.717, 1.165) is 67.0 Å². The Labute approximate surface area is 484 Å². The number of nitrogens with zero attached hydrogens (tertiary/aromatic N) is 6. The van der Waals surface area contributed by atoms with Gasteiger partial charge in [-0.3, -0.25) is 0 Å². The minimum atomic E-state index is -0.00271. The van der Waals surface area contributed by atoms with Crippen LogP contribution in [0.1, 0.15) is 0 Å². The predicted molar refractivity (Wildman–Crippen MR) is 348 cm³/mol. The number of benzene rings is 12. The zero-order valence-corrected chi connectivity index (χ0v) is 45.6. The summed E-state index contributed by atoms with van der Waals surface area (Å²) < 4.78 is 5.06. The summed E-state index contributed by atoms with van der Waals surface area (Å²) in [5.74, 6) is 1.85. The third-order valence-electron chi connectivity index (χ3n) is 16.8. The zero-order chi connectivity index (χ0) is 54.5. The van der Waals surface area contributed by atoms with Gasteiger partial charge in [-0.15, -0.1) is 11.3 Å². The largest absolute Gasteiger partial charge is 0.311 e. The summed E-state index contributed by atoms with van der Waals surface area (Å²) in [6.07, 6.45) is 0. The number of fused-ring (bicyclic) bond motifs is 11. The van der Waals surface area contributed by atoms with Crippen molar-refractivity contribution < 1.29 is 0 Å². The van der Waals surface area contributed by atoms with Crippen molar-refractivity contribution in [2.24, 2.45) is 0 Å². The molecule has 0 saturated heterocycles. The van der Waals surface area contributed by atoms with E-state index in [2.05, 4.69) is 263 Å². The van der Waals surface area contributed by atoms with E-state index >= 15 is 0 Å². The van der Waals surface area contributed by atoms with Crippen molar-refractivity contribution in [1.29, 1.82) is 0 Å². The van der Waals surface area contributed by atoms with Gasteiger partial charge in [0.05, 0.1) is 22.4 Å². The molecule has 83 heavy (non-hydrogen) atoms. The lowest BCUT2D eigenvalue weighted by atomic mass is 9.33. The third-order valence-corrected chi connectivity index (χ3v) is 18.0. The molecule has 15 aromatic rings. The van der Waals surface area contributed by atoms with E-state index in [4.69, 9.17) is 15.0 Å². The number of rotatable bonds is 8. The van der Waals surface area contributed by atoms with Crippen LogP contribution < -0.4 is 26.2 Å². The smallest absolute Gasteiger partial charge is 0.252 e. The first-order chi connectivity index (χ1) is 41.2. The Morgan fingerprint density at radius 1 is 0.325 bits per heavy atom. The van der Waals surface area contributed by atoms with Crippen LogP contribution in [0.3, 0.4) is 0 Å². The second-order valence-corrected chi connectivity index (χ2v) is 22.5. The molecule has 12 aromatic carbocycles. The third kappa shape index (κ3) is 7.46. The van der Waals surface area contributed by atoms with E-state index in [0.29, 0.717) is 17.5 Å². The minimum Gasteiger partial charge on any atom is -0.311 e. The first kappa shape index (κ1) is 47.2. The molecule has 0 aliphatic carbocycles. The van der Waals surface area contributed by atoms with Crippen LogP contribution >= 0.6 is 11.3 Å². The predicted octanol–water partition coefficient (Wildman–Crippen LogP) is 17.8. The Morgan fingerprint density at radius 2 is 0.831 bits per heavy atom. The van der Waals surface area contributed by atoms with Crippen LogP contribution in [-0.2, 0) is 0 Å². The van der Waals surface area contributed by atoms with Gasteiger partial charge < -0.3 is 14.4 Å². The van der Waals surface area contributed by atoms with Crippen LogP contribution in [0, 0.1) is 0 Å². The van der Waals surface area contributed by atoms with E-state index in [-0.39, 0.29) is 6.71 Å². The maximum atomic E-state index is 5.25. The molecule has 386 valence electrons. The number of aromatic nitrogens is 4. The quantitative estimate of drug-likeness (QED) is 0.142. The molecule has 5 heterocycles. The number of hydrogen-bond acceptors (Lipinski definition) is 6. The van der Waals surface area contributed by atoms with Crippen LogP contribution in [0.25, 0.3) is 104 Å². The number of hydrogen-bond donors (Lipinski definition) is 0. The minimum absolute atomic E-state index is 0.00271. The van der Waals surface area contributed by atoms with Gasteiger partial charge in [0.2, 0.25) is 0 Å². The SMILES string of the molecule is c1ccc(-c2nc(-c3ccccc3)nc(-c3ccc(-n4c5ccccc5c5c6sc7ccccc7c6ccc54)c(-c4ccc(-c5ccc6c7c5N(c5ccccc5)c5ccccc5B7c5ccccc5N6c5ccccc5)cc4)c3)n2)cc1. The first-order valence-corrected chi connectivity index (χ1v) is 29.0. The molecule has 0 N–H and O–H groups in total. The highest BCUT2D eigenvalue weighted by atomic mass is 32.1. The van der Waals surface area contributed by atoms with Crippen LogP contribution in [0.2, 0.25) is 0 Å². The molecular formula is C75H47BN6S. The van der Waals surface area contributed by atoms with E-state index in [1.165, 1.54) is 70.1 Å². The molecule has 0 amide bonds. The fourth-order valence-electron chi connectivity index (χ4n) is 13.2. The van der Waals surface area contributed by atoms with Gasteiger partial charge in [-0.1, -0.05) is 206 Å². The average molecular weight is 1080 g/mol. The highest BCUT2D eigenvalue weighted by molar-refractivity contribution is 7.26. The van der Waals surface area contributed by atoms with Gasteiger partial charge in [-0.25, -0.2) is 15.0 Å². The highest BCUT2D eigenvalue weighted by Gasteiger charge is 2.44. The summed E-state index contributed by atoms with van der Waals surface area (Å²) >= 11 is 1.88. The number of para-hydroxylation sites is 5. The van der Waals surface area contributed by atoms with Crippen molar-refractivity contribution in [3.8, 4) is 62.1 Å². The van der Waals surface area contributed by atoms with Crippen LogP contribution in [0.15, 0.2) is 285 Å². The molecule has 6 nitrogen and oxygen atoms in total. The second kappa shape index (κ2) is 19.0. The Kier molecular flexibility index (Phi) is 10.8. The van der Waals surface area contributed by atoms with Crippen LogP contribution in [0.4, 0.5) is 34.1 Å². The summed E-state index contributed by atoms with van der Waals surface area (Å²) in [5, 5.41) is 5.06. The van der Waals surface area contributed by atoms with Gasteiger partial charge in [0.25, 0.3) is 6.71 Å². The highest BCUT2D eigenvalue weighted by Crippen LogP contribution is 2.49. The summed E-state index contributed by atoms with van der Waals surface area (Å²) in [6.45, 7) is -0.00271. The Morgan fingerprint density at radius 3 is 1.49 bits per heavy atom. The lowest BCUT2D eigenvalue weighted by molar-refractivity contribution is 1.07. The van der Waals surface area contributed by atoms with E-state index < -0.39 is 0 Å². The van der Waals surface area contributed by atoms with E-state index in [1.54, 1.807) is 0 Å². The summed E-state index contributed by atoms with van der Waals surface area (Å²) in [4.78, 5) is 20.5. The molecule has 0 unspecified atom stereocenters. The molecule has 0 saturated carbocycles.